The summed E-state index contributed by atoms with van der Waals surface area (Å²) in [5.74, 6) is -0.948. The molecule has 0 aliphatic carbocycles. The van der Waals surface area contributed by atoms with Crippen LogP contribution in [0.5, 0.6) is 0 Å². The molecule has 0 radical (unpaired) electrons. The van der Waals surface area contributed by atoms with Gasteiger partial charge in [-0.25, -0.2) is 9.78 Å². The highest BCUT2D eigenvalue weighted by atomic mass is 16.4. The fourth-order valence-corrected chi connectivity index (χ4v) is 1.73. The molecule has 0 aliphatic heterocycles. The van der Waals surface area contributed by atoms with Crippen molar-refractivity contribution in [2.24, 2.45) is 0 Å². The largest absolute Gasteiger partial charge is 0.481 e. The van der Waals surface area contributed by atoms with Crippen molar-refractivity contribution >= 4 is 23.3 Å². The Kier molecular flexibility index (Phi) is 3.65. The van der Waals surface area contributed by atoms with E-state index in [-0.39, 0.29) is 13.0 Å². The average molecular weight is 262 g/mol. The van der Waals surface area contributed by atoms with Crippen molar-refractivity contribution in [3.63, 3.8) is 0 Å². The number of carbonyl (C=O) groups is 2. The van der Waals surface area contributed by atoms with Crippen molar-refractivity contribution in [3.8, 4) is 0 Å². The van der Waals surface area contributed by atoms with E-state index in [9.17, 15) is 9.59 Å². The molecule has 0 saturated heterocycles. The molecule has 7 nitrogen and oxygen atoms in total. The molecule has 2 rings (SSSR count). The van der Waals surface area contributed by atoms with Gasteiger partial charge in [0.25, 0.3) is 0 Å². The number of urea groups is 1. The molecule has 2 aromatic heterocycles. The average Bonchev–Trinajstić information content (AvgIpc) is 2.76. The number of rotatable bonds is 4. The van der Waals surface area contributed by atoms with E-state index in [1.807, 2.05) is 11.3 Å². The standard InChI is InChI=1S/C12H14N4O3/c1-8-6-9(7-16-5-4-13-11(8)16)15-12(19)14-3-2-10(17)18/h4-7H,2-3H2,1H3,(H,17,18)(H2,14,15,19). The van der Waals surface area contributed by atoms with Gasteiger partial charge in [0.15, 0.2) is 0 Å². The van der Waals surface area contributed by atoms with Gasteiger partial charge in [0.1, 0.15) is 5.65 Å². The summed E-state index contributed by atoms with van der Waals surface area (Å²) in [4.78, 5) is 26.0. The van der Waals surface area contributed by atoms with Gasteiger partial charge >= 0.3 is 12.0 Å². The number of nitrogens with one attached hydrogen (secondary N) is 2. The van der Waals surface area contributed by atoms with Crippen LogP contribution in [0, 0.1) is 6.92 Å². The minimum atomic E-state index is -0.948. The molecule has 0 fully saturated rings. The second-order valence-electron chi connectivity index (χ2n) is 4.09. The van der Waals surface area contributed by atoms with Gasteiger partial charge in [-0.05, 0) is 18.6 Å². The van der Waals surface area contributed by atoms with Crippen molar-refractivity contribution in [1.29, 1.82) is 0 Å². The minimum absolute atomic E-state index is 0.0907. The molecule has 19 heavy (non-hydrogen) atoms. The Labute approximate surface area is 109 Å². The van der Waals surface area contributed by atoms with Gasteiger partial charge < -0.3 is 20.1 Å². The van der Waals surface area contributed by atoms with Crippen molar-refractivity contribution in [3.05, 3.63) is 30.2 Å². The lowest BCUT2D eigenvalue weighted by Crippen LogP contribution is -2.30. The predicted molar refractivity (Wildman–Crippen MR) is 69.2 cm³/mol. The van der Waals surface area contributed by atoms with Crippen molar-refractivity contribution in [1.82, 2.24) is 14.7 Å². The van der Waals surface area contributed by atoms with Crippen LogP contribution in [0.15, 0.2) is 24.7 Å². The van der Waals surface area contributed by atoms with Crippen molar-refractivity contribution in [2.45, 2.75) is 13.3 Å². The smallest absolute Gasteiger partial charge is 0.319 e. The lowest BCUT2D eigenvalue weighted by molar-refractivity contribution is -0.136. The van der Waals surface area contributed by atoms with Gasteiger partial charge in [0.05, 0.1) is 12.1 Å². The number of fused-ring (bicyclic) bond motifs is 1. The Morgan fingerprint density at radius 2 is 2.26 bits per heavy atom. The molecule has 0 unspecified atom stereocenters. The molecular formula is C12H14N4O3. The quantitative estimate of drug-likeness (QED) is 0.772. The van der Waals surface area contributed by atoms with Crippen LogP contribution in [-0.2, 0) is 4.79 Å². The molecule has 0 aromatic carbocycles. The number of carboxylic acids is 1. The first kappa shape index (κ1) is 12.9. The number of aromatic nitrogens is 2. The van der Waals surface area contributed by atoms with Gasteiger partial charge in [0.2, 0.25) is 0 Å². The lowest BCUT2D eigenvalue weighted by Gasteiger charge is -2.08. The maximum Gasteiger partial charge on any atom is 0.319 e. The van der Waals surface area contributed by atoms with Crippen LogP contribution < -0.4 is 10.6 Å². The number of aryl methyl sites for hydroxylation is 1. The van der Waals surface area contributed by atoms with Crippen LogP contribution >= 0.6 is 0 Å². The highest BCUT2D eigenvalue weighted by molar-refractivity contribution is 5.89. The molecule has 7 heteroatoms. The third-order valence-corrected chi connectivity index (χ3v) is 2.55. The molecular weight excluding hydrogens is 248 g/mol. The number of anilines is 1. The van der Waals surface area contributed by atoms with Crippen LogP contribution in [-0.4, -0.2) is 33.0 Å². The fourth-order valence-electron chi connectivity index (χ4n) is 1.73. The van der Waals surface area contributed by atoms with Gasteiger partial charge in [-0.1, -0.05) is 0 Å². The normalized spacial score (nSPS) is 10.4. The van der Waals surface area contributed by atoms with Gasteiger partial charge in [-0.3, -0.25) is 4.79 Å². The van der Waals surface area contributed by atoms with Crippen LogP contribution in [0.4, 0.5) is 10.5 Å². The van der Waals surface area contributed by atoms with Crippen LogP contribution in [0.3, 0.4) is 0 Å². The summed E-state index contributed by atoms with van der Waals surface area (Å²) in [6.07, 6.45) is 5.11. The Morgan fingerprint density at radius 3 is 3.00 bits per heavy atom. The molecule has 0 saturated carbocycles. The number of hydrogen-bond donors (Lipinski definition) is 3. The second-order valence-corrected chi connectivity index (χ2v) is 4.09. The Balaban J connectivity index is 2.00. The summed E-state index contributed by atoms with van der Waals surface area (Å²) < 4.78 is 1.81. The van der Waals surface area contributed by atoms with E-state index in [4.69, 9.17) is 5.11 Å². The van der Waals surface area contributed by atoms with Crippen molar-refractivity contribution < 1.29 is 14.7 Å². The topological polar surface area (TPSA) is 95.7 Å². The summed E-state index contributed by atoms with van der Waals surface area (Å²) in [5.41, 5.74) is 2.39. The van der Waals surface area contributed by atoms with Gasteiger partial charge in [0, 0.05) is 25.1 Å². The van der Waals surface area contributed by atoms with Crippen LogP contribution in [0.2, 0.25) is 0 Å². The number of hydrogen-bond acceptors (Lipinski definition) is 3. The summed E-state index contributed by atoms with van der Waals surface area (Å²) >= 11 is 0. The molecule has 100 valence electrons. The van der Waals surface area contributed by atoms with Gasteiger partial charge in [-0.2, -0.15) is 0 Å². The molecule has 0 aliphatic rings. The van der Waals surface area contributed by atoms with E-state index in [2.05, 4.69) is 15.6 Å². The molecule has 2 heterocycles. The number of pyridine rings is 1. The van der Waals surface area contributed by atoms with Crippen LogP contribution in [0.1, 0.15) is 12.0 Å². The predicted octanol–water partition coefficient (Wildman–Crippen LogP) is 1.24. The minimum Gasteiger partial charge on any atom is -0.481 e. The highest BCUT2D eigenvalue weighted by Crippen LogP contribution is 2.14. The first-order chi connectivity index (χ1) is 9.06. The zero-order valence-electron chi connectivity index (χ0n) is 10.4. The Hall–Kier alpha value is -2.57. The van der Waals surface area contributed by atoms with Crippen LogP contribution in [0.25, 0.3) is 5.65 Å². The second kappa shape index (κ2) is 5.38. The molecule has 0 spiro atoms. The molecule has 0 atom stereocenters. The van der Waals surface area contributed by atoms with E-state index >= 15 is 0 Å². The summed E-state index contributed by atoms with van der Waals surface area (Å²) in [7, 11) is 0. The fraction of sp³-hybridized carbons (Fsp3) is 0.250. The number of carbonyl (C=O) groups excluding carboxylic acids is 1. The third-order valence-electron chi connectivity index (χ3n) is 2.55. The Bertz CT molecular complexity index is 620. The monoisotopic (exact) mass is 262 g/mol. The number of imidazole rings is 1. The highest BCUT2D eigenvalue weighted by Gasteiger charge is 2.06. The van der Waals surface area contributed by atoms with E-state index in [1.165, 1.54) is 0 Å². The van der Waals surface area contributed by atoms with E-state index in [0.717, 1.165) is 11.2 Å². The summed E-state index contributed by atoms with van der Waals surface area (Å²) in [6.45, 7) is 1.99. The van der Waals surface area contributed by atoms with Crippen molar-refractivity contribution in [2.75, 3.05) is 11.9 Å². The maximum atomic E-state index is 11.5. The van der Waals surface area contributed by atoms with Gasteiger partial charge in [-0.15, -0.1) is 0 Å². The number of aliphatic carboxylic acids is 1. The third kappa shape index (κ3) is 3.21. The molecule has 2 aromatic rings. The molecule has 2 amide bonds. The first-order valence-electron chi connectivity index (χ1n) is 5.76. The molecule has 0 bridgehead atoms. The van der Waals surface area contributed by atoms with E-state index in [0.29, 0.717) is 5.69 Å². The summed E-state index contributed by atoms with van der Waals surface area (Å²) in [5, 5.41) is 13.6. The van der Waals surface area contributed by atoms with E-state index < -0.39 is 12.0 Å². The zero-order valence-corrected chi connectivity index (χ0v) is 10.4. The molecule has 3 N–H and O–H groups in total. The SMILES string of the molecule is Cc1cc(NC(=O)NCCC(=O)O)cn2ccnc12. The summed E-state index contributed by atoms with van der Waals surface area (Å²) in [6, 6.07) is 1.37. The zero-order chi connectivity index (χ0) is 13.8. The Morgan fingerprint density at radius 1 is 1.47 bits per heavy atom. The number of amides is 2. The lowest BCUT2D eigenvalue weighted by atomic mass is 10.3. The number of nitrogens with zero attached hydrogens (tertiary/aromatic N) is 2. The maximum absolute atomic E-state index is 11.5. The van der Waals surface area contributed by atoms with E-state index in [1.54, 1.807) is 24.7 Å². The number of carboxylic acid groups (broad SMARTS) is 1. The first-order valence-corrected chi connectivity index (χ1v) is 5.76.